The maximum absolute atomic E-state index is 13.3. The minimum atomic E-state index is -0.227. The molecule has 0 radical (unpaired) electrons. The molecule has 0 aliphatic heterocycles. The Bertz CT molecular complexity index is 586. The minimum Gasteiger partial charge on any atom is -0.497 e. The van der Waals surface area contributed by atoms with Crippen molar-refractivity contribution in [2.75, 3.05) is 14.2 Å². The molecule has 0 fully saturated rings. The van der Waals surface area contributed by atoms with Gasteiger partial charge in [0, 0.05) is 6.04 Å². The maximum atomic E-state index is 13.3. The van der Waals surface area contributed by atoms with Gasteiger partial charge in [0.05, 0.1) is 11.6 Å². The fourth-order valence-corrected chi connectivity index (χ4v) is 2.70. The Balaban J connectivity index is 2.03. The van der Waals surface area contributed by atoms with Crippen LogP contribution in [0, 0.1) is 5.82 Å². The molecule has 4 heteroatoms. The lowest BCUT2D eigenvalue weighted by Crippen LogP contribution is -2.29. The smallest absolute Gasteiger partial charge is 0.137 e. The molecule has 0 bridgehead atoms. The zero-order valence-electron chi connectivity index (χ0n) is 12.2. The van der Waals surface area contributed by atoms with Crippen LogP contribution in [-0.4, -0.2) is 20.2 Å². The van der Waals surface area contributed by atoms with Gasteiger partial charge in [0.2, 0.25) is 0 Å². The van der Waals surface area contributed by atoms with Crippen LogP contribution in [0.1, 0.15) is 11.1 Å². The molecule has 21 heavy (non-hydrogen) atoms. The highest BCUT2D eigenvalue weighted by atomic mass is 79.9. The summed E-state index contributed by atoms with van der Waals surface area (Å²) in [6, 6.07) is 13.6. The number of methoxy groups -OCH3 is 1. The van der Waals surface area contributed by atoms with Crippen molar-refractivity contribution in [2.45, 2.75) is 18.9 Å². The summed E-state index contributed by atoms with van der Waals surface area (Å²) in [5.74, 6) is 0.636. The predicted molar refractivity (Wildman–Crippen MR) is 87.3 cm³/mol. The number of nitrogens with one attached hydrogen (secondary N) is 1. The minimum absolute atomic E-state index is 0.227. The van der Waals surface area contributed by atoms with E-state index >= 15 is 0 Å². The lowest BCUT2D eigenvalue weighted by Gasteiger charge is -2.17. The molecule has 2 rings (SSSR count). The Labute approximate surface area is 133 Å². The number of likely N-dealkylation sites (N-methyl/N-ethyl adjacent to an activating group) is 1. The van der Waals surface area contributed by atoms with E-state index < -0.39 is 0 Å². The van der Waals surface area contributed by atoms with Crippen LogP contribution in [0.5, 0.6) is 5.75 Å². The van der Waals surface area contributed by atoms with Gasteiger partial charge >= 0.3 is 0 Å². The van der Waals surface area contributed by atoms with Gasteiger partial charge in [0.15, 0.2) is 0 Å². The monoisotopic (exact) mass is 351 g/mol. The van der Waals surface area contributed by atoms with Gasteiger partial charge in [-0.1, -0.05) is 18.2 Å². The molecule has 112 valence electrons. The molecule has 1 atom stereocenters. The largest absolute Gasteiger partial charge is 0.497 e. The summed E-state index contributed by atoms with van der Waals surface area (Å²) in [5.41, 5.74) is 2.35. The summed E-state index contributed by atoms with van der Waals surface area (Å²) >= 11 is 3.23. The van der Waals surface area contributed by atoms with Crippen molar-refractivity contribution >= 4 is 15.9 Å². The van der Waals surface area contributed by atoms with Crippen LogP contribution in [-0.2, 0) is 12.8 Å². The number of halogens is 2. The Kier molecular flexibility index (Phi) is 5.76. The first-order valence-corrected chi connectivity index (χ1v) is 7.66. The summed E-state index contributed by atoms with van der Waals surface area (Å²) in [7, 11) is 3.62. The van der Waals surface area contributed by atoms with Gasteiger partial charge in [-0.05, 0) is 71.2 Å². The van der Waals surface area contributed by atoms with E-state index in [1.165, 1.54) is 11.6 Å². The van der Waals surface area contributed by atoms with E-state index in [-0.39, 0.29) is 5.82 Å². The predicted octanol–water partition coefficient (Wildman–Crippen LogP) is 3.97. The fourth-order valence-electron chi connectivity index (χ4n) is 2.27. The standard InChI is InChI=1S/C17H19BrFNO/c1-20-14(9-12-3-6-15(21-2)7-4-12)10-13-5-8-17(19)16(18)11-13/h3-8,11,14,20H,9-10H2,1-2H3. The molecule has 0 saturated heterocycles. The summed E-state index contributed by atoms with van der Waals surface area (Å²) in [5, 5.41) is 3.32. The second kappa shape index (κ2) is 7.57. The van der Waals surface area contributed by atoms with Gasteiger partial charge in [-0.2, -0.15) is 0 Å². The highest BCUT2D eigenvalue weighted by Gasteiger charge is 2.10. The number of hydrogen-bond acceptors (Lipinski definition) is 2. The van der Waals surface area contributed by atoms with Crippen LogP contribution < -0.4 is 10.1 Å². The molecule has 0 heterocycles. The molecule has 2 aromatic carbocycles. The van der Waals surface area contributed by atoms with E-state index in [0.29, 0.717) is 10.5 Å². The second-order valence-electron chi connectivity index (χ2n) is 4.99. The Morgan fingerprint density at radius 1 is 1.10 bits per heavy atom. The zero-order chi connectivity index (χ0) is 15.2. The third-order valence-corrected chi connectivity index (χ3v) is 4.12. The van der Waals surface area contributed by atoms with E-state index in [1.54, 1.807) is 7.11 Å². The van der Waals surface area contributed by atoms with Crippen molar-refractivity contribution in [3.05, 3.63) is 63.9 Å². The third kappa shape index (κ3) is 4.55. The summed E-state index contributed by atoms with van der Waals surface area (Å²) in [4.78, 5) is 0. The number of hydrogen-bond donors (Lipinski definition) is 1. The Morgan fingerprint density at radius 3 is 2.29 bits per heavy atom. The highest BCUT2D eigenvalue weighted by molar-refractivity contribution is 9.10. The molecule has 2 nitrogen and oxygen atoms in total. The number of ether oxygens (including phenoxy) is 1. The van der Waals surface area contributed by atoms with Gasteiger partial charge in [0.25, 0.3) is 0 Å². The zero-order valence-corrected chi connectivity index (χ0v) is 13.8. The molecule has 0 aliphatic rings. The topological polar surface area (TPSA) is 21.3 Å². The van der Waals surface area contributed by atoms with E-state index in [9.17, 15) is 4.39 Å². The number of benzene rings is 2. The van der Waals surface area contributed by atoms with Crippen LogP contribution in [0.15, 0.2) is 46.9 Å². The quantitative estimate of drug-likeness (QED) is 0.850. The van der Waals surface area contributed by atoms with Crippen molar-refractivity contribution in [3.63, 3.8) is 0 Å². The van der Waals surface area contributed by atoms with Crippen LogP contribution in [0.25, 0.3) is 0 Å². The molecule has 0 aliphatic carbocycles. The SMILES string of the molecule is CNC(Cc1ccc(OC)cc1)Cc1ccc(F)c(Br)c1. The van der Waals surface area contributed by atoms with Crippen molar-refractivity contribution in [1.29, 1.82) is 0 Å². The average molecular weight is 352 g/mol. The second-order valence-corrected chi connectivity index (χ2v) is 5.84. The Hall–Kier alpha value is -1.39. The molecule has 2 aromatic rings. The van der Waals surface area contributed by atoms with Gasteiger partial charge < -0.3 is 10.1 Å². The Morgan fingerprint density at radius 2 is 1.71 bits per heavy atom. The van der Waals surface area contributed by atoms with Crippen molar-refractivity contribution < 1.29 is 9.13 Å². The van der Waals surface area contributed by atoms with Crippen molar-refractivity contribution in [1.82, 2.24) is 5.32 Å². The molecule has 0 aromatic heterocycles. The molecular formula is C17H19BrFNO. The molecule has 1 N–H and O–H groups in total. The maximum Gasteiger partial charge on any atom is 0.137 e. The van der Waals surface area contributed by atoms with Gasteiger partial charge in [0.1, 0.15) is 11.6 Å². The summed E-state index contributed by atoms with van der Waals surface area (Å²) < 4.78 is 18.9. The van der Waals surface area contributed by atoms with E-state index in [0.717, 1.165) is 24.2 Å². The van der Waals surface area contributed by atoms with Gasteiger partial charge in [-0.25, -0.2) is 4.39 Å². The van der Waals surface area contributed by atoms with E-state index in [2.05, 4.69) is 33.4 Å². The molecule has 0 spiro atoms. The third-order valence-electron chi connectivity index (χ3n) is 3.52. The van der Waals surface area contributed by atoms with Gasteiger partial charge in [-0.3, -0.25) is 0 Å². The molecule has 0 saturated carbocycles. The first-order chi connectivity index (χ1) is 10.1. The van der Waals surface area contributed by atoms with Crippen LogP contribution in [0.3, 0.4) is 0 Å². The van der Waals surface area contributed by atoms with Crippen molar-refractivity contribution in [2.24, 2.45) is 0 Å². The van der Waals surface area contributed by atoms with Crippen LogP contribution in [0.2, 0.25) is 0 Å². The lowest BCUT2D eigenvalue weighted by atomic mass is 9.99. The van der Waals surface area contributed by atoms with E-state index in [1.807, 2.05) is 31.3 Å². The molecular weight excluding hydrogens is 333 g/mol. The fraction of sp³-hybridized carbons (Fsp3) is 0.294. The summed E-state index contributed by atoms with van der Waals surface area (Å²) in [6.07, 6.45) is 1.76. The van der Waals surface area contributed by atoms with E-state index in [4.69, 9.17) is 4.74 Å². The first-order valence-electron chi connectivity index (χ1n) is 6.86. The summed E-state index contributed by atoms with van der Waals surface area (Å²) in [6.45, 7) is 0. The molecule has 1 unspecified atom stereocenters. The average Bonchev–Trinajstić information content (AvgIpc) is 2.51. The van der Waals surface area contributed by atoms with Crippen LogP contribution >= 0.6 is 15.9 Å². The van der Waals surface area contributed by atoms with Gasteiger partial charge in [-0.15, -0.1) is 0 Å². The normalized spacial score (nSPS) is 12.2. The lowest BCUT2D eigenvalue weighted by molar-refractivity contribution is 0.414. The molecule has 0 amide bonds. The first kappa shape index (κ1) is 16.0. The highest BCUT2D eigenvalue weighted by Crippen LogP contribution is 2.19. The van der Waals surface area contributed by atoms with Crippen molar-refractivity contribution in [3.8, 4) is 5.75 Å². The van der Waals surface area contributed by atoms with Crippen LogP contribution in [0.4, 0.5) is 4.39 Å². The number of rotatable bonds is 6.